The molecule has 9 amide bonds. The molecule has 0 aliphatic carbocycles. The van der Waals surface area contributed by atoms with Crippen molar-refractivity contribution in [2.24, 2.45) is 17.2 Å². The number of amides is 9. The highest BCUT2D eigenvalue weighted by atomic mass is 35.5. The van der Waals surface area contributed by atoms with Gasteiger partial charge < -0.3 is 100 Å². The van der Waals surface area contributed by atoms with Crippen LogP contribution >= 0.6 is 11.6 Å². The van der Waals surface area contributed by atoms with Crippen molar-refractivity contribution in [1.82, 2.24) is 47.9 Å². The Morgan fingerprint density at radius 2 is 1.11 bits per heavy atom. The number of cyclic esters (lactones) is 1. The van der Waals surface area contributed by atoms with E-state index in [2.05, 4.69) is 49.5 Å². The number of carboxylic acid groups (broad SMARTS) is 2. The van der Waals surface area contributed by atoms with Gasteiger partial charge in [-0.25, -0.2) is 9.59 Å². The molecule has 1 unspecified atom stereocenters. The predicted octanol–water partition coefficient (Wildman–Crippen LogP) is -4.38. The van der Waals surface area contributed by atoms with Gasteiger partial charge in [0.15, 0.2) is 12.1 Å². The minimum absolute atomic E-state index is 0.0457. The van der Waals surface area contributed by atoms with Gasteiger partial charge in [-0.1, -0.05) is 83.6 Å². The molecule has 1 fully saturated rings. The van der Waals surface area contributed by atoms with Gasteiger partial charge in [-0.3, -0.25) is 47.9 Å². The van der Waals surface area contributed by atoms with E-state index in [9.17, 15) is 88.2 Å². The van der Waals surface area contributed by atoms with Gasteiger partial charge in [0, 0.05) is 0 Å². The smallest absolute Gasteiger partial charge is 0.335 e. The number of allylic oxidation sites excluding steroid dienone is 1. The van der Waals surface area contributed by atoms with Crippen molar-refractivity contribution >= 4 is 82.7 Å². The maximum atomic E-state index is 14.2. The number of halogens is 1. The van der Waals surface area contributed by atoms with E-state index in [1.54, 1.807) is 0 Å². The van der Waals surface area contributed by atoms with Gasteiger partial charge in [-0.2, -0.15) is 0 Å². The van der Waals surface area contributed by atoms with Gasteiger partial charge in [0.25, 0.3) is 5.91 Å². The zero-order chi connectivity index (χ0) is 64.2. The number of aliphatic hydroxyl groups excluding tert-OH is 4. The number of aliphatic hydroxyl groups is 4. The molecule has 0 aromatic carbocycles. The molecule has 0 radical (unpaired) electrons. The third-order valence-corrected chi connectivity index (χ3v) is 13.8. The molecule has 0 saturated carbocycles. The summed E-state index contributed by atoms with van der Waals surface area (Å²) < 4.78 is 5.35. The van der Waals surface area contributed by atoms with Crippen molar-refractivity contribution in [1.29, 1.82) is 0 Å². The number of nitrogens with two attached hydrogens (primary N) is 3. The molecule has 1 aliphatic rings. The van der Waals surface area contributed by atoms with Crippen LogP contribution in [0.5, 0.6) is 0 Å². The molecule has 1 heterocycles. The molecule has 1 aliphatic heterocycles. The second-order valence-corrected chi connectivity index (χ2v) is 20.9. The highest BCUT2D eigenvalue weighted by molar-refractivity contribution is 6.18. The lowest BCUT2D eigenvalue weighted by atomic mass is 10.0. The summed E-state index contributed by atoms with van der Waals surface area (Å²) in [5.41, 5.74) is 16.5. The number of nitrogens with one attached hydrogen (secondary N) is 9. The Hall–Kier alpha value is -6.61. The molecule has 0 aromatic rings. The van der Waals surface area contributed by atoms with E-state index in [-0.39, 0.29) is 45.3 Å². The van der Waals surface area contributed by atoms with E-state index in [1.165, 1.54) is 26.2 Å². The average Bonchev–Trinajstić information content (AvgIpc) is 3.46. The first-order chi connectivity index (χ1) is 40.3. The number of hydrogen-bond donors (Lipinski definition) is 18. The number of hydrogen-bond acceptors (Lipinski definition) is 20. The van der Waals surface area contributed by atoms with Crippen LogP contribution < -0.4 is 65.1 Å². The summed E-state index contributed by atoms with van der Waals surface area (Å²) in [7, 11) is 0. The fourth-order valence-corrected chi connectivity index (χ4v) is 8.76. The van der Waals surface area contributed by atoms with E-state index in [4.69, 9.17) is 33.5 Å². The number of aliphatic carboxylic acids is 2. The van der Waals surface area contributed by atoms with Crippen molar-refractivity contribution in [3.63, 3.8) is 0 Å². The van der Waals surface area contributed by atoms with Gasteiger partial charge in [0.05, 0.1) is 37.0 Å². The first-order valence-corrected chi connectivity index (χ1v) is 29.2. The molecule has 12 atom stereocenters. The molecule has 1 rings (SSSR count). The molecule has 21 N–H and O–H groups in total. The summed E-state index contributed by atoms with van der Waals surface area (Å²) in [6.07, 6.45) is 2.08. The Kier molecular flexibility index (Phi) is 38.0. The highest BCUT2D eigenvalue weighted by Crippen LogP contribution is 2.15. The van der Waals surface area contributed by atoms with Crippen LogP contribution in [0.2, 0.25) is 0 Å². The summed E-state index contributed by atoms with van der Waals surface area (Å²) in [4.78, 5) is 163. The predicted molar refractivity (Wildman–Crippen MR) is 305 cm³/mol. The Morgan fingerprint density at radius 1 is 0.612 bits per heavy atom. The number of esters is 1. The van der Waals surface area contributed by atoms with Crippen LogP contribution in [0.25, 0.3) is 0 Å². The molecule has 31 nitrogen and oxygen atoms in total. The van der Waals surface area contributed by atoms with Crippen molar-refractivity contribution < 1.29 is 92.9 Å². The minimum Gasteiger partial charge on any atom is -0.481 e. The van der Waals surface area contributed by atoms with Crippen LogP contribution in [0.1, 0.15) is 143 Å². The van der Waals surface area contributed by atoms with E-state index in [0.29, 0.717) is 6.42 Å². The maximum absolute atomic E-state index is 14.2. The average molecular weight is 1240 g/mol. The zero-order valence-corrected chi connectivity index (χ0v) is 49.3. The van der Waals surface area contributed by atoms with Crippen molar-refractivity contribution in [3.8, 4) is 0 Å². The number of rotatable bonds is 30. The lowest BCUT2D eigenvalue weighted by Gasteiger charge is -2.29. The molecule has 85 heavy (non-hydrogen) atoms. The van der Waals surface area contributed by atoms with Gasteiger partial charge in [-0.05, 0) is 72.0 Å². The minimum atomic E-state index is -2.77. The molecular formula is C53H91ClN12O19. The van der Waals surface area contributed by atoms with Crippen LogP contribution in [-0.2, 0) is 62.3 Å². The molecule has 32 heteroatoms. The zero-order valence-electron chi connectivity index (χ0n) is 48.6. The fourth-order valence-electron chi connectivity index (χ4n) is 8.58. The van der Waals surface area contributed by atoms with Crippen molar-refractivity contribution in [2.75, 3.05) is 32.1 Å². The number of carbonyl (C=O) groups excluding carboxylic acids is 10. The second-order valence-electron chi connectivity index (χ2n) is 20.6. The third kappa shape index (κ3) is 29.4. The quantitative estimate of drug-likeness (QED) is 0.0140. The van der Waals surface area contributed by atoms with Gasteiger partial charge >= 0.3 is 17.9 Å². The first-order valence-electron chi connectivity index (χ1n) is 28.7. The number of ether oxygens (including phenoxy) is 1. The van der Waals surface area contributed by atoms with Crippen LogP contribution in [0.15, 0.2) is 11.8 Å². The van der Waals surface area contributed by atoms with E-state index >= 15 is 0 Å². The maximum Gasteiger partial charge on any atom is 0.335 e. The van der Waals surface area contributed by atoms with E-state index in [0.717, 1.165) is 57.9 Å². The third-order valence-electron chi connectivity index (χ3n) is 13.5. The molecule has 0 aromatic heterocycles. The first kappa shape index (κ1) is 76.4. The lowest BCUT2D eigenvalue weighted by molar-refractivity contribution is -0.153. The summed E-state index contributed by atoms with van der Waals surface area (Å²) in [6, 6.07) is -16.0. The van der Waals surface area contributed by atoms with Crippen LogP contribution in [0.3, 0.4) is 0 Å². The normalized spacial score (nSPS) is 24.2. The van der Waals surface area contributed by atoms with Crippen molar-refractivity contribution in [3.05, 3.63) is 11.8 Å². The van der Waals surface area contributed by atoms with E-state index < -0.39 is 188 Å². The van der Waals surface area contributed by atoms with Crippen LogP contribution in [0, 0.1) is 0 Å². The molecule has 484 valence electrons. The van der Waals surface area contributed by atoms with Crippen LogP contribution in [0.4, 0.5) is 0 Å². The molecule has 1 saturated heterocycles. The van der Waals surface area contributed by atoms with Gasteiger partial charge in [0.1, 0.15) is 54.6 Å². The highest BCUT2D eigenvalue weighted by Gasteiger charge is 2.40. The molecule has 0 spiro atoms. The Morgan fingerprint density at radius 3 is 1.61 bits per heavy atom. The summed E-state index contributed by atoms with van der Waals surface area (Å²) in [5, 5.41) is 82.3. The fraction of sp³-hybridized carbons (Fsp3) is 0.736. The summed E-state index contributed by atoms with van der Waals surface area (Å²) >= 11 is 5.90. The topological polar surface area (TPSA) is 522 Å². The van der Waals surface area contributed by atoms with Gasteiger partial charge in [-0.15, -0.1) is 11.6 Å². The molecule has 0 bridgehead atoms. The number of unbranched alkanes of at least 4 members (excludes halogenated alkanes) is 11. The number of carboxylic acids is 2. The number of carbonyl (C=O) groups is 12. The summed E-state index contributed by atoms with van der Waals surface area (Å²) in [5.74, 6) is -17.6. The van der Waals surface area contributed by atoms with Gasteiger partial charge in [0.2, 0.25) is 47.3 Å². The molecular weight excluding hydrogens is 1140 g/mol. The lowest BCUT2D eigenvalue weighted by Crippen LogP contribution is -2.63. The Labute approximate surface area is 498 Å². The summed E-state index contributed by atoms with van der Waals surface area (Å²) in [6.45, 7) is 2.61. The van der Waals surface area contributed by atoms with E-state index in [1.807, 2.05) is 5.32 Å². The Balaban J connectivity index is 3.93. The largest absolute Gasteiger partial charge is 0.481 e. The van der Waals surface area contributed by atoms with Crippen LogP contribution in [-0.4, -0.2) is 207 Å². The number of alkyl halides is 1. The SMILES string of the molecule is C/C=C1\NC(=O)[C@H]([C@H](C)O)NC(=O)[C@H](CCN)NC(=O)[C@H]([C@H](O)C(=O)O)NC(=O)[C@H](CCCCN)NC(=O)[C@H](CC(=O)O)NC(=O)[C@@H](CCN)NC(=O)[C@@H](NC(=O)CC(O)CCCCCCCCCCCCC)COC(=O)[C@H]([C@H](O)CCl)NC1=O. The second kappa shape index (κ2) is 42.2. The van der Waals surface area contributed by atoms with Crippen molar-refractivity contribution in [2.45, 2.75) is 216 Å². The monoisotopic (exact) mass is 1230 g/mol. The Bertz CT molecular complexity index is 2230. The standard InChI is InChI=1S/C53H91ClN12O19/c1-4-6-7-8-9-10-11-12-13-14-15-18-30(68)25-38(70)58-36-28-85-53(84)41(37(69)27-54)65-44(74)31(5-2)59-50(80)40(29(3)67)64-47(77)34(21-24-57)62-51(81)42(43(73)52(82)83)66-46(76)32(19-16-17-22-55)60-48(78)35(26-39(71)72)63-45(75)33(20-23-56)61-49(36)79/h5,29-30,32-37,40-43,67-69,73H,4,6-28,55-57H2,1-3H3,(H,58,70)(H,59,80)(H,60,78)(H,61,79)(H,62,81)(H,63,75)(H,64,77)(H,65,74)(H,66,76)(H,71,72)(H,82,83)/b31-5-/t29-,30?,32-,33+,34-,35-,36-,37+,40-,41-,42-,43-/m0/s1.